The van der Waals surface area contributed by atoms with Crippen LogP contribution in [0.25, 0.3) is 0 Å². The summed E-state index contributed by atoms with van der Waals surface area (Å²) in [7, 11) is -1.56. The number of carbonyl (C=O) groups is 1. The first kappa shape index (κ1) is 19.0. The molecule has 0 unspecified atom stereocenters. The summed E-state index contributed by atoms with van der Waals surface area (Å²) in [5.74, 6) is -1.48. The number of amides is 1. The second kappa shape index (κ2) is 8.19. The summed E-state index contributed by atoms with van der Waals surface area (Å²) in [6.45, 7) is 0. The van der Waals surface area contributed by atoms with Gasteiger partial charge in [-0.25, -0.2) is 17.9 Å². The quantitative estimate of drug-likeness (QED) is 0.758. The highest BCUT2D eigenvalue weighted by Crippen LogP contribution is 2.15. The fraction of sp³-hybridized carbons (Fsp3) is 0.235. The third-order valence-electron chi connectivity index (χ3n) is 3.59. The van der Waals surface area contributed by atoms with Crippen molar-refractivity contribution in [3.05, 3.63) is 66.0 Å². The number of sulfonamides is 1. The number of benzene rings is 2. The number of likely N-dealkylation sites (N-methyl/N-ethyl adjacent to an activating group) is 1. The minimum atomic E-state index is -4.23. The summed E-state index contributed by atoms with van der Waals surface area (Å²) >= 11 is 0. The van der Waals surface area contributed by atoms with Gasteiger partial charge in [-0.1, -0.05) is 42.5 Å². The van der Waals surface area contributed by atoms with Gasteiger partial charge in [0.15, 0.2) is 0 Å². The molecule has 6 nitrogen and oxygen atoms in total. The summed E-state index contributed by atoms with van der Waals surface area (Å²) in [6, 6.07) is 12.8. The first-order valence-corrected chi connectivity index (χ1v) is 8.96. The van der Waals surface area contributed by atoms with Gasteiger partial charge in [0.1, 0.15) is 16.8 Å². The summed E-state index contributed by atoms with van der Waals surface area (Å²) in [6.07, 6.45) is 0.0983. The summed E-state index contributed by atoms with van der Waals surface area (Å²) in [5, 5.41) is 0.928. The summed E-state index contributed by atoms with van der Waals surface area (Å²) in [5.41, 5.74) is 0.751. The minimum Gasteiger partial charge on any atom is -0.275 e. The van der Waals surface area contributed by atoms with Gasteiger partial charge in [0.25, 0.3) is 5.91 Å². The van der Waals surface area contributed by atoms with Crippen molar-refractivity contribution in [1.82, 2.24) is 9.79 Å². The molecule has 2 aromatic rings. The molecule has 0 aromatic heterocycles. The molecule has 1 N–H and O–H groups in total. The number of nitrogens with one attached hydrogen (secondary N) is 1. The maximum atomic E-state index is 13.8. The van der Waals surface area contributed by atoms with Crippen LogP contribution >= 0.6 is 0 Å². The Bertz CT molecular complexity index is 828. The van der Waals surface area contributed by atoms with E-state index in [4.69, 9.17) is 4.84 Å². The van der Waals surface area contributed by atoms with Gasteiger partial charge < -0.3 is 0 Å². The molecule has 0 radical (unpaired) electrons. The topological polar surface area (TPSA) is 75.7 Å². The highest BCUT2D eigenvalue weighted by molar-refractivity contribution is 7.89. The number of rotatable bonds is 7. The molecule has 0 bridgehead atoms. The molecule has 1 atom stereocenters. The first-order valence-electron chi connectivity index (χ1n) is 7.47. The zero-order chi connectivity index (χ0) is 18.4. The van der Waals surface area contributed by atoms with E-state index in [0.717, 1.165) is 22.8 Å². The second-order valence-electron chi connectivity index (χ2n) is 5.31. The van der Waals surface area contributed by atoms with Crippen molar-refractivity contribution < 1.29 is 22.4 Å². The van der Waals surface area contributed by atoms with Gasteiger partial charge in [-0.2, -0.15) is 4.72 Å². The molecule has 2 aromatic carbocycles. The first-order chi connectivity index (χ1) is 11.8. The fourth-order valence-electron chi connectivity index (χ4n) is 2.25. The lowest BCUT2D eigenvalue weighted by atomic mass is 10.1. The fourth-order valence-corrected chi connectivity index (χ4v) is 3.52. The number of hydrogen-bond donors (Lipinski definition) is 1. The minimum absolute atomic E-state index is 0.0983. The molecule has 0 saturated carbocycles. The van der Waals surface area contributed by atoms with Crippen molar-refractivity contribution in [3.8, 4) is 0 Å². The van der Waals surface area contributed by atoms with E-state index in [1.54, 1.807) is 24.3 Å². The highest BCUT2D eigenvalue weighted by atomic mass is 32.2. The Kier molecular flexibility index (Phi) is 6.24. The van der Waals surface area contributed by atoms with Crippen molar-refractivity contribution in [2.75, 3.05) is 14.2 Å². The molecule has 0 spiro atoms. The monoisotopic (exact) mass is 366 g/mol. The molecule has 0 aliphatic rings. The van der Waals surface area contributed by atoms with E-state index in [-0.39, 0.29) is 6.42 Å². The van der Waals surface area contributed by atoms with Gasteiger partial charge in [-0.15, -0.1) is 0 Å². The molecule has 2 rings (SSSR count). The third-order valence-corrected chi connectivity index (χ3v) is 5.09. The van der Waals surface area contributed by atoms with E-state index in [1.165, 1.54) is 26.3 Å². The summed E-state index contributed by atoms with van der Waals surface area (Å²) < 4.78 is 41.1. The van der Waals surface area contributed by atoms with E-state index >= 15 is 0 Å². The van der Waals surface area contributed by atoms with Gasteiger partial charge in [0.2, 0.25) is 10.0 Å². The Hall–Kier alpha value is -2.29. The van der Waals surface area contributed by atoms with Gasteiger partial charge in [0.05, 0.1) is 7.11 Å². The Balaban J connectivity index is 2.32. The van der Waals surface area contributed by atoms with E-state index in [0.29, 0.717) is 0 Å². The normalized spacial score (nSPS) is 12.6. The average Bonchev–Trinajstić information content (AvgIpc) is 2.60. The van der Waals surface area contributed by atoms with Gasteiger partial charge in [-0.05, 0) is 24.1 Å². The number of nitrogens with zero attached hydrogens (tertiary/aromatic N) is 1. The Labute approximate surface area is 146 Å². The molecular weight excluding hydrogens is 347 g/mol. The van der Waals surface area contributed by atoms with E-state index in [1.807, 2.05) is 6.07 Å². The number of carbonyl (C=O) groups excluding carboxylic acids is 1. The third kappa shape index (κ3) is 4.85. The molecule has 134 valence electrons. The van der Waals surface area contributed by atoms with Crippen molar-refractivity contribution in [3.63, 3.8) is 0 Å². The SMILES string of the molecule is CON(C)C(=O)[C@H](Cc1ccccc1)NS(=O)(=O)c1ccccc1F. The van der Waals surface area contributed by atoms with Crippen molar-refractivity contribution in [2.45, 2.75) is 17.4 Å². The molecule has 1 amide bonds. The molecule has 0 heterocycles. The van der Waals surface area contributed by atoms with Crippen LogP contribution in [0.3, 0.4) is 0 Å². The van der Waals surface area contributed by atoms with Crippen LogP contribution in [-0.4, -0.2) is 39.6 Å². The van der Waals surface area contributed by atoms with E-state index in [2.05, 4.69) is 4.72 Å². The maximum Gasteiger partial charge on any atom is 0.264 e. The number of hydrogen-bond acceptors (Lipinski definition) is 4. The molecule has 0 saturated heterocycles. The average molecular weight is 366 g/mol. The van der Waals surface area contributed by atoms with Gasteiger partial charge >= 0.3 is 0 Å². The van der Waals surface area contributed by atoms with Crippen molar-refractivity contribution in [1.29, 1.82) is 0 Å². The smallest absolute Gasteiger partial charge is 0.264 e. The summed E-state index contributed by atoms with van der Waals surface area (Å²) in [4.78, 5) is 16.8. The van der Waals surface area contributed by atoms with Crippen LogP contribution in [0.5, 0.6) is 0 Å². The van der Waals surface area contributed by atoms with Gasteiger partial charge in [-0.3, -0.25) is 9.63 Å². The Morgan fingerprint density at radius 3 is 2.36 bits per heavy atom. The predicted octanol–water partition coefficient (Wildman–Crippen LogP) is 1.74. The van der Waals surface area contributed by atoms with Crippen molar-refractivity contribution >= 4 is 15.9 Å². The molecule has 25 heavy (non-hydrogen) atoms. The Morgan fingerprint density at radius 2 is 1.76 bits per heavy atom. The molecule has 0 aliphatic carbocycles. The maximum absolute atomic E-state index is 13.8. The lowest BCUT2D eigenvalue weighted by Crippen LogP contribution is -2.48. The van der Waals surface area contributed by atoms with Crippen LogP contribution in [0.15, 0.2) is 59.5 Å². The zero-order valence-corrected chi connectivity index (χ0v) is 14.7. The number of hydroxylamine groups is 2. The molecule has 8 heteroatoms. The molecule has 0 fully saturated rings. The Morgan fingerprint density at radius 1 is 1.16 bits per heavy atom. The van der Waals surface area contributed by atoms with Crippen LogP contribution in [-0.2, 0) is 26.1 Å². The second-order valence-corrected chi connectivity index (χ2v) is 6.99. The van der Waals surface area contributed by atoms with Crippen LogP contribution in [0.2, 0.25) is 0 Å². The largest absolute Gasteiger partial charge is 0.275 e. The lowest BCUT2D eigenvalue weighted by Gasteiger charge is -2.23. The lowest BCUT2D eigenvalue weighted by molar-refractivity contribution is -0.170. The molecular formula is C17H19FN2O4S. The van der Waals surface area contributed by atoms with Crippen LogP contribution in [0.1, 0.15) is 5.56 Å². The van der Waals surface area contributed by atoms with E-state index in [9.17, 15) is 17.6 Å². The molecule has 0 aliphatic heterocycles. The predicted molar refractivity (Wildman–Crippen MR) is 90.4 cm³/mol. The van der Waals surface area contributed by atoms with Crippen molar-refractivity contribution in [2.24, 2.45) is 0 Å². The van der Waals surface area contributed by atoms with Crippen LogP contribution in [0.4, 0.5) is 4.39 Å². The standard InChI is InChI=1S/C17H19FN2O4S/c1-20(24-2)17(21)15(12-13-8-4-3-5-9-13)19-25(22,23)16-11-7-6-10-14(16)18/h3-11,15,19H,12H2,1-2H3/t15-/m0/s1. The van der Waals surface area contributed by atoms with Crippen LogP contribution < -0.4 is 4.72 Å². The number of halogens is 1. The van der Waals surface area contributed by atoms with Crippen LogP contribution in [0, 0.1) is 5.82 Å². The highest BCUT2D eigenvalue weighted by Gasteiger charge is 2.29. The van der Waals surface area contributed by atoms with E-state index < -0.39 is 32.7 Å². The zero-order valence-electron chi connectivity index (χ0n) is 13.8. The van der Waals surface area contributed by atoms with Gasteiger partial charge in [0, 0.05) is 7.05 Å².